The van der Waals surface area contributed by atoms with Crippen molar-refractivity contribution in [3.05, 3.63) is 65.7 Å². The van der Waals surface area contributed by atoms with Crippen molar-refractivity contribution >= 4 is 28.5 Å². The SMILES string of the molecule is CC[C@@H]1CSC(=Nc2cccc(C)c2)N1C(=O)CCc1ccccc1. The minimum Gasteiger partial charge on any atom is -0.287 e. The molecule has 0 saturated carbocycles. The van der Waals surface area contributed by atoms with Gasteiger partial charge in [-0.15, -0.1) is 0 Å². The number of amidine groups is 1. The van der Waals surface area contributed by atoms with Crippen LogP contribution < -0.4 is 0 Å². The van der Waals surface area contributed by atoms with Gasteiger partial charge in [0.05, 0.1) is 5.69 Å². The Morgan fingerprint density at radius 2 is 2.00 bits per heavy atom. The highest BCUT2D eigenvalue weighted by Gasteiger charge is 2.33. The molecule has 0 spiro atoms. The van der Waals surface area contributed by atoms with Crippen LogP contribution in [0.3, 0.4) is 0 Å². The maximum Gasteiger partial charge on any atom is 0.229 e. The number of carbonyl (C=O) groups excluding carboxylic acids is 1. The van der Waals surface area contributed by atoms with E-state index in [2.05, 4.69) is 38.1 Å². The Morgan fingerprint density at radius 1 is 1.20 bits per heavy atom. The summed E-state index contributed by atoms with van der Waals surface area (Å²) in [6, 6.07) is 18.5. The van der Waals surface area contributed by atoms with Crippen LogP contribution in [0.5, 0.6) is 0 Å². The molecule has 1 atom stereocenters. The third kappa shape index (κ3) is 4.51. The molecule has 1 amide bonds. The van der Waals surface area contributed by atoms with Crippen LogP contribution in [-0.4, -0.2) is 27.8 Å². The van der Waals surface area contributed by atoms with Gasteiger partial charge in [-0.3, -0.25) is 9.69 Å². The highest BCUT2D eigenvalue weighted by molar-refractivity contribution is 8.14. The minimum atomic E-state index is 0.173. The predicted octanol–water partition coefficient (Wildman–Crippen LogP) is 4.97. The topological polar surface area (TPSA) is 32.7 Å². The number of rotatable bonds is 5. The van der Waals surface area contributed by atoms with Crippen molar-refractivity contribution in [2.45, 2.75) is 39.2 Å². The molecule has 0 bridgehead atoms. The van der Waals surface area contributed by atoms with E-state index in [-0.39, 0.29) is 11.9 Å². The van der Waals surface area contributed by atoms with Crippen LogP contribution in [0.1, 0.15) is 30.9 Å². The predicted molar refractivity (Wildman–Crippen MR) is 106 cm³/mol. The number of aliphatic imine (C=N–C) groups is 1. The van der Waals surface area contributed by atoms with Gasteiger partial charge in [0.1, 0.15) is 0 Å². The number of carbonyl (C=O) groups is 1. The summed E-state index contributed by atoms with van der Waals surface area (Å²) in [6.45, 7) is 4.20. The second-order valence-corrected chi connectivity index (χ2v) is 7.34. The third-order valence-corrected chi connectivity index (χ3v) is 5.51. The molecule has 1 fully saturated rings. The van der Waals surface area contributed by atoms with Crippen LogP contribution in [0.15, 0.2) is 59.6 Å². The molecule has 2 aromatic carbocycles. The number of amides is 1. The Balaban J connectivity index is 1.76. The Bertz CT molecular complexity index is 758. The zero-order valence-corrected chi connectivity index (χ0v) is 15.6. The van der Waals surface area contributed by atoms with Crippen LogP contribution >= 0.6 is 11.8 Å². The summed E-state index contributed by atoms with van der Waals surface area (Å²) in [7, 11) is 0. The van der Waals surface area contributed by atoms with Crippen molar-refractivity contribution in [1.82, 2.24) is 4.90 Å². The molecule has 2 aromatic rings. The van der Waals surface area contributed by atoms with E-state index in [0.717, 1.165) is 29.4 Å². The van der Waals surface area contributed by atoms with E-state index in [9.17, 15) is 4.79 Å². The van der Waals surface area contributed by atoms with Crippen molar-refractivity contribution in [2.24, 2.45) is 4.99 Å². The third-order valence-electron chi connectivity index (χ3n) is 4.41. The van der Waals surface area contributed by atoms with E-state index in [0.29, 0.717) is 6.42 Å². The van der Waals surface area contributed by atoms with Gasteiger partial charge in [-0.2, -0.15) is 0 Å². The quantitative estimate of drug-likeness (QED) is 0.761. The molecular weight excluding hydrogens is 328 g/mol. The van der Waals surface area contributed by atoms with Crippen molar-refractivity contribution < 1.29 is 4.79 Å². The second kappa shape index (κ2) is 8.34. The summed E-state index contributed by atoms with van der Waals surface area (Å²) in [5.41, 5.74) is 3.30. The van der Waals surface area contributed by atoms with E-state index >= 15 is 0 Å². The lowest BCUT2D eigenvalue weighted by Gasteiger charge is -2.23. The zero-order chi connectivity index (χ0) is 17.6. The maximum absolute atomic E-state index is 12.9. The van der Waals surface area contributed by atoms with Gasteiger partial charge in [0.15, 0.2) is 5.17 Å². The van der Waals surface area contributed by atoms with Crippen LogP contribution in [-0.2, 0) is 11.2 Å². The summed E-state index contributed by atoms with van der Waals surface area (Å²) in [5, 5.41) is 0.843. The standard InChI is InChI=1S/C21H24N2OS/c1-3-19-15-25-21(22-18-11-7-8-16(2)14-18)23(19)20(24)13-12-17-9-5-4-6-10-17/h4-11,14,19H,3,12-13,15H2,1-2H3/t19-/m1/s1. The van der Waals surface area contributed by atoms with Gasteiger partial charge >= 0.3 is 0 Å². The first-order valence-electron chi connectivity index (χ1n) is 8.81. The van der Waals surface area contributed by atoms with Crippen molar-refractivity contribution in [2.75, 3.05) is 5.75 Å². The van der Waals surface area contributed by atoms with E-state index in [1.807, 2.05) is 35.2 Å². The largest absolute Gasteiger partial charge is 0.287 e. The summed E-state index contributed by atoms with van der Waals surface area (Å²) in [5.74, 6) is 1.10. The number of hydrogen-bond acceptors (Lipinski definition) is 3. The highest BCUT2D eigenvalue weighted by Crippen LogP contribution is 2.29. The van der Waals surface area contributed by atoms with Gasteiger partial charge in [-0.1, -0.05) is 61.2 Å². The lowest BCUT2D eigenvalue weighted by Crippen LogP contribution is -2.39. The number of thioether (sulfide) groups is 1. The molecule has 1 saturated heterocycles. The van der Waals surface area contributed by atoms with Crippen LogP contribution in [0.2, 0.25) is 0 Å². The molecule has 0 aliphatic carbocycles. The molecule has 1 aliphatic heterocycles. The first-order valence-corrected chi connectivity index (χ1v) is 9.80. The number of aryl methyl sites for hydroxylation is 2. The molecule has 0 unspecified atom stereocenters. The molecule has 130 valence electrons. The van der Waals surface area contributed by atoms with E-state index in [1.54, 1.807) is 11.8 Å². The van der Waals surface area contributed by atoms with Crippen LogP contribution in [0.25, 0.3) is 0 Å². The lowest BCUT2D eigenvalue weighted by molar-refractivity contribution is -0.128. The van der Waals surface area contributed by atoms with Gasteiger partial charge in [-0.25, -0.2) is 4.99 Å². The molecule has 25 heavy (non-hydrogen) atoms. The molecule has 1 heterocycles. The van der Waals surface area contributed by atoms with Crippen molar-refractivity contribution in [3.63, 3.8) is 0 Å². The minimum absolute atomic E-state index is 0.173. The molecule has 0 radical (unpaired) electrons. The molecule has 4 heteroatoms. The Kier molecular flexibility index (Phi) is 5.92. The molecule has 3 nitrogen and oxygen atoms in total. The smallest absolute Gasteiger partial charge is 0.229 e. The van der Waals surface area contributed by atoms with E-state index < -0.39 is 0 Å². The monoisotopic (exact) mass is 352 g/mol. The van der Waals surface area contributed by atoms with Gasteiger partial charge in [0, 0.05) is 18.2 Å². The highest BCUT2D eigenvalue weighted by atomic mass is 32.2. The number of nitrogens with zero attached hydrogens (tertiary/aromatic N) is 2. The van der Waals surface area contributed by atoms with Gasteiger partial charge in [0.2, 0.25) is 5.91 Å². The fourth-order valence-corrected chi connectivity index (χ4v) is 4.28. The van der Waals surface area contributed by atoms with Crippen molar-refractivity contribution in [1.29, 1.82) is 0 Å². The van der Waals surface area contributed by atoms with Crippen LogP contribution in [0.4, 0.5) is 5.69 Å². The van der Waals surface area contributed by atoms with Gasteiger partial charge in [0.25, 0.3) is 0 Å². The zero-order valence-electron chi connectivity index (χ0n) is 14.8. The second-order valence-electron chi connectivity index (χ2n) is 6.36. The number of hydrogen-bond donors (Lipinski definition) is 0. The van der Waals surface area contributed by atoms with E-state index in [1.165, 1.54) is 11.1 Å². The lowest BCUT2D eigenvalue weighted by atomic mass is 10.1. The number of benzene rings is 2. The van der Waals surface area contributed by atoms with Gasteiger partial charge < -0.3 is 0 Å². The summed E-state index contributed by atoms with van der Waals surface area (Å²) in [4.78, 5) is 19.6. The van der Waals surface area contributed by atoms with E-state index in [4.69, 9.17) is 4.99 Å². The average Bonchev–Trinajstić information content (AvgIpc) is 3.03. The summed E-state index contributed by atoms with van der Waals surface area (Å²) < 4.78 is 0. The fraction of sp³-hybridized carbons (Fsp3) is 0.333. The fourth-order valence-electron chi connectivity index (χ4n) is 2.99. The molecule has 0 N–H and O–H groups in total. The Morgan fingerprint density at radius 3 is 2.72 bits per heavy atom. The first-order chi connectivity index (χ1) is 12.2. The molecule has 3 rings (SSSR count). The van der Waals surface area contributed by atoms with Crippen LogP contribution in [0, 0.1) is 6.92 Å². The average molecular weight is 353 g/mol. The molecule has 0 aromatic heterocycles. The first kappa shape index (κ1) is 17.7. The molecule has 1 aliphatic rings. The normalized spacial score (nSPS) is 18.7. The van der Waals surface area contributed by atoms with Gasteiger partial charge in [-0.05, 0) is 43.0 Å². The molecular formula is C21H24N2OS. The maximum atomic E-state index is 12.9. The summed E-state index contributed by atoms with van der Waals surface area (Å²) in [6.07, 6.45) is 2.25. The van der Waals surface area contributed by atoms with Crippen molar-refractivity contribution in [3.8, 4) is 0 Å². The summed E-state index contributed by atoms with van der Waals surface area (Å²) >= 11 is 1.69. The Labute approximate surface area is 154 Å². The Hall–Kier alpha value is -2.07.